The second-order valence-corrected chi connectivity index (χ2v) is 7.63. The van der Waals surface area contributed by atoms with Gasteiger partial charge in [-0.1, -0.05) is 33.3 Å². The molecule has 0 spiro atoms. The van der Waals surface area contributed by atoms with Crippen molar-refractivity contribution in [3.05, 3.63) is 36.0 Å². The van der Waals surface area contributed by atoms with Crippen molar-refractivity contribution >= 4 is 20.9 Å². The van der Waals surface area contributed by atoms with Gasteiger partial charge in [0.2, 0.25) is 10.0 Å². The summed E-state index contributed by atoms with van der Waals surface area (Å²) in [5.41, 5.74) is 2.10. The number of aromatic amines is 1. The number of fused-ring (bicyclic) bond motifs is 1. The normalized spacial score (nSPS) is 13.9. The third-order valence-corrected chi connectivity index (χ3v) is 6.08. The van der Waals surface area contributed by atoms with Crippen LogP contribution in [-0.4, -0.2) is 30.0 Å². The van der Waals surface area contributed by atoms with Crippen LogP contribution in [0.5, 0.6) is 0 Å². The third kappa shape index (κ3) is 3.86. The first-order chi connectivity index (χ1) is 9.96. The number of aromatic nitrogens is 1. The van der Waals surface area contributed by atoms with E-state index in [2.05, 4.69) is 4.98 Å². The van der Waals surface area contributed by atoms with Crippen molar-refractivity contribution in [3.8, 4) is 0 Å². The molecule has 0 saturated carbocycles. The first-order valence-corrected chi connectivity index (χ1v) is 9.11. The molecule has 0 aliphatic carbocycles. The molecular weight excluding hydrogens is 284 g/mol. The number of hydrogen-bond acceptors (Lipinski definition) is 2. The fraction of sp³-hybridized carbons (Fsp3) is 0.500. The van der Waals surface area contributed by atoms with Crippen molar-refractivity contribution < 1.29 is 8.42 Å². The minimum Gasteiger partial charge on any atom is -0.361 e. The Hall–Kier alpha value is -1.33. The predicted molar refractivity (Wildman–Crippen MR) is 87.6 cm³/mol. The summed E-state index contributed by atoms with van der Waals surface area (Å²) < 4.78 is 26.5. The molecule has 21 heavy (non-hydrogen) atoms. The van der Waals surface area contributed by atoms with Crippen molar-refractivity contribution in [2.75, 3.05) is 12.3 Å². The number of benzene rings is 1. The second-order valence-electron chi connectivity index (χ2n) is 5.62. The molecule has 4 nitrogen and oxygen atoms in total. The molecule has 0 bridgehead atoms. The average Bonchev–Trinajstić information content (AvgIpc) is 2.91. The van der Waals surface area contributed by atoms with Gasteiger partial charge >= 0.3 is 0 Å². The van der Waals surface area contributed by atoms with Crippen LogP contribution < -0.4 is 0 Å². The molecule has 1 atom stereocenters. The number of sulfonamides is 1. The molecule has 0 radical (unpaired) electrons. The molecule has 0 amide bonds. The van der Waals surface area contributed by atoms with Crippen LogP contribution in [0.4, 0.5) is 0 Å². The Bertz CT molecular complexity index is 691. The first-order valence-electron chi connectivity index (χ1n) is 7.50. The molecule has 0 aliphatic heterocycles. The van der Waals surface area contributed by atoms with Crippen LogP contribution in [0.25, 0.3) is 10.9 Å². The topological polar surface area (TPSA) is 53.2 Å². The Labute approximate surface area is 127 Å². The van der Waals surface area contributed by atoms with Crippen LogP contribution in [-0.2, 0) is 16.6 Å². The van der Waals surface area contributed by atoms with Gasteiger partial charge in [0.25, 0.3) is 0 Å². The zero-order valence-corrected chi connectivity index (χ0v) is 13.8. The summed E-state index contributed by atoms with van der Waals surface area (Å²) in [6.07, 6.45) is 2.78. The average molecular weight is 308 g/mol. The monoisotopic (exact) mass is 308 g/mol. The number of H-pyrrole nitrogens is 1. The lowest BCUT2D eigenvalue weighted by Crippen LogP contribution is -2.34. The van der Waals surface area contributed by atoms with Crippen LogP contribution in [0.2, 0.25) is 0 Å². The van der Waals surface area contributed by atoms with Gasteiger partial charge in [-0.15, -0.1) is 0 Å². The standard InChI is InChI=1S/C16H24N2O2S/c1-4-13(3)12-21(19,20)18(5-2)11-14-6-7-16-15(10-14)8-9-17-16/h6-10,13,17H,4-5,11-12H2,1-3H3/t13-/m1/s1. The van der Waals surface area contributed by atoms with Crippen molar-refractivity contribution in [1.29, 1.82) is 0 Å². The van der Waals surface area contributed by atoms with E-state index in [1.807, 2.05) is 51.2 Å². The highest BCUT2D eigenvalue weighted by molar-refractivity contribution is 7.89. The van der Waals surface area contributed by atoms with Gasteiger partial charge in [0.15, 0.2) is 0 Å². The fourth-order valence-corrected chi connectivity index (χ4v) is 4.30. The van der Waals surface area contributed by atoms with E-state index in [1.165, 1.54) is 0 Å². The van der Waals surface area contributed by atoms with Crippen molar-refractivity contribution in [2.24, 2.45) is 5.92 Å². The Balaban J connectivity index is 2.17. The van der Waals surface area contributed by atoms with Crippen molar-refractivity contribution in [3.63, 3.8) is 0 Å². The maximum absolute atomic E-state index is 12.5. The molecule has 1 heterocycles. The van der Waals surface area contributed by atoms with Crippen LogP contribution in [0.15, 0.2) is 30.5 Å². The summed E-state index contributed by atoms with van der Waals surface area (Å²) in [4.78, 5) is 3.15. The highest BCUT2D eigenvalue weighted by atomic mass is 32.2. The van der Waals surface area contributed by atoms with E-state index in [9.17, 15) is 8.42 Å². The molecule has 116 valence electrons. The van der Waals surface area contributed by atoms with E-state index < -0.39 is 10.0 Å². The molecular formula is C16H24N2O2S. The summed E-state index contributed by atoms with van der Waals surface area (Å²) in [5.74, 6) is 0.417. The Morgan fingerprint density at radius 1 is 1.24 bits per heavy atom. The zero-order chi connectivity index (χ0) is 15.5. The molecule has 2 aromatic rings. The minimum absolute atomic E-state index is 0.191. The summed E-state index contributed by atoms with van der Waals surface area (Å²) in [6, 6.07) is 8.04. The van der Waals surface area contributed by atoms with E-state index in [0.29, 0.717) is 13.1 Å². The van der Waals surface area contributed by atoms with Gasteiger partial charge in [0, 0.05) is 24.8 Å². The number of nitrogens with one attached hydrogen (secondary N) is 1. The summed E-state index contributed by atoms with van der Waals surface area (Å²) in [6.45, 7) is 6.84. The molecule has 1 N–H and O–H groups in total. The molecule has 0 saturated heterocycles. The molecule has 2 rings (SSSR count). The largest absolute Gasteiger partial charge is 0.361 e. The minimum atomic E-state index is -3.20. The summed E-state index contributed by atoms with van der Waals surface area (Å²) in [5, 5.41) is 1.11. The van der Waals surface area contributed by atoms with Gasteiger partial charge < -0.3 is 4.98 Å². The van der Waals surface area contributed by atoms with Crippen LogP contribution in [0.3, 0.4) is 0 Å². The Morgan fingerprint density at radius 2 is 2.00 bits per heavy atom. The Morgan fingerprint density at radius 3 is 2.67 bits per heavy atom. The van der Waals surface area contributed by atoms with Gasteiger partial charge in [-0.05, 0) is 35.1 Å². The first kappa shape index (κ1) is 16.0. The van der Waals surface area contributed by atoms with Crippen molar-refractivity contribution in [1.82, 2.24) is 9.29 Å². The highest BCUT2D eigenvalue weighted by Gasteiger charge is 2.22. The van der Waals surface area contributed by atoms with Crippen LogP contribution >= 0.6 is 0 Å². The smallest absolute Gasteiger partial charge is 0.214 e. The van der Waals surface area contributed by atoms with Gasteiger partial charge in [-0.3, -0.25) is 0 Å². The third-order valence-electron chi connectivity index (χ3n) is 3.91. The number of hydrogen-bond donors (Lipinski definition) is 1. The zero-order valence-electron chi connectivity index (χ0n) is 13.0. The maximum atomic E-state index is 12.5. The van der Waals surface area contributed by atoms with Crippen molar-refractivity contribution in [2.45, 2.75) is 33.7 Å². The lowest BCUT2D eigenvalue weighted by molar-refractivity contribution is 0.416. The van der Waals surface area contributed by atoms with Gasteiger partial charge in [-0.25, -0.2) is 8.42 Å². The SMILES string of the molecule is CC[C@@H](C)CS(=O)(=O)N(CC)Cc1ccc2[nH]ccc2c1. The van der Waals surface area contributed by atoms with E-state index in [-0.39, 0.29) is 11.7 Å². The number of nitrogens with zero attached hydrogens (tertiary/aromatic N) is 1. The maximum Gasteiger partial charge on any atom is 0.214 e. The molecule has 5 heteroatoms. The lowest BCUT2D eigenvalue weighted by Gasteiger charge is -2.22. The molecule has 0 aliphatic rings. The van der Waals surface area contributed by atoms with E-state index >= 15 is 0 Å². The highest BCUT2D eigenvalue weighted by Crippen LogP contribution is 2.18. The predicted octanol–water partition coefficient (Wildman–Crippen LogP) is 3.37. The summed E-state index contributed by atoms with van der Waals surface area (Å²) in [7, 11) is -3.20. The second kappa shape index (κ2) is 6.62. The van der Waals surface area contributed by atoms with E-state index in [4.69, 9.17) is 0 Å². The summed E-state index contributed by atoms with van der Waals surface area (Å²) >= 11 is 0. The fourth-order valence-electron chi connectivity index (χ4n) is 2.39. The molecule has 0 fully saturated rings. The lowest BCUT2D eigenvalue weighted by atomic mass is 10.1. The van der Waals surface area contributed by atoms with E-state index in [0.717, 1.165) is 22.9 Å². The van der Waals surface area contributed by atoms with Gasteiger partial charge in [0.05, 0.1) is 5.75 Å². The molecule has 0 unspecified atom stereocenters. The number of rotatable bonds is 7. The van der Waals surface area contributed by atoms with Crippen LogP contribution in [0, 0.1) is 5.92 Å². The molecule has 1 aromatic heterocycles. The Kier molecular flexibility index (Phi) is 5.06. The van der Waals surface area contributed by atoms with Gasteiger partial charge in [-0.2, -0.15) is 4.31 Å². The molecule has 1 aromatic carbocycles. The van der Waals surface area contributed by atoms with Gasteiger partial charge in [0.1, 0.15) is 0 Å². The van der Waals surface area contributed by atoms with E-state index in [1.54, 1.807) is 4.31 Å². The quantitative estimate of drug-likeness (QED) is 0.852. The van der Waals surface area contributed by atoms with Crippen LogP contribution in [0.1, 0.15) is 32.8 Å².